The molecule has 29 heavy (non-hydrogen) atoms. The third kappa shape index (κ3) is 5.30. The normalized spacial score (nSPS) is 14.9. The number of piperidine rings is 1. The van der Waals surface area contributed by atoms with Crippen molar-refractivity contribution in [1.82, 2.24) is 19.4 Å². The first kappa shape index (κ1) is 21.2. The highest BCUT2D eigenvalue weighted by Gasteiger charge is 2.26. The largest absolute Gasteiger partial charge is 0.338 e. The van der Waals surface area contributed by atoms with Gasteiger partial charge in [0.05, 0.1) is 5.56 Å². The van der Waals surface area contributed by atoms with Gasteiger partial charge in [-0.3, -0.25) is 14.4 Å². The third-order valence-electron chi connectivity index (χ3n) is 5.30. The number of anilines is 1. The average molecular weight is 418 g/mol. The Morgan fingerprint density at radius 2 is 1.97 bits per heavy atom. The van der Waals surface area contributed by atoms with Crippen LogP contribution in [0.3, 0.4) is 0 Å². The molecule has 2 amide bonds. The van der Waals surface area contributed by atoms with Crippen molar-refractivity contribution in [2.45, 2.75) is 39.3 Å². The molecule has 0 aromatic carbocycles. The van der Waals surface area contributed by atoms with Gasteiger partial charge in [-0.2, -0.15) is 0 Å². The van der Waals surface area contributed by atoms with Gasteiger partial charge in [0.1, 0.15) is 6.54 Å². The summed E-state index contributed by atoms with van der Waals surface area (Å²) in [5.74, 6) is -0.455. The number of rotatable bonds is 7. The molecule has 1 aliphatic rings. The van der Waals surface area contributed by atoms with Crippen LogP contribution < -0.4 is 10.9 Å². The van der Waals surface area contributed by atoms with E-state index >= 15 is 0 Å². The lowest BCUT2D eigenvalue weighted by molar-refractivity contribution is -0.116. The molecule has 1 fully saturated rings. The maximum atomic E-state index is 12.9. The molecule has 9 heteroatoms. The molecule has 0 unspecified atom stereocenters. The molecule has 0 spiro atoms. The fourth-order valence-corrected chi connectivity index (χ4v) is 4.28. The molecule has 2 aromatic heterocycles. The van der Waals surface area contributed by atoms with Gasteiger partial charge in [0.15, 0.2) is 5.13 Å². The first-order valence-electron chi connectivity index (χ1n) is 9.95. The van der Waals surface area contributed by atoms with Gasteiger partial charge < -0.3 is 19.7 Å². The number of nitrogens with zero attached hydrogens (tertiary/aromatic N) is 4. The second-order valence-electron chi connectivity index (χ2n) is 7.01. The van der Waals surface area contributed by atoms with Crippen molar-refractivity contribution in [3.63, 3.8) is 0 Å². The van der Waals surface area contributed by atoms with Crippen LogP contribution in [0.15, 0.2) is 34.7 Å². The topological polar surface area (TPSA) is 87.5 Å². The number of amides is 2. The van der Waals surface area contributed by atoms with E-state index in [0.29, 0.717) is 29.8 Å². The number of hydrogen-bond donors (Lipinski definition) is 1. The standard InChI is InChI=1S/C20H27N5O3S/c1-3-23(4-2)16-7-10-24(11-8-16)19(28)15-5-6-18(27)25(13-15)14-17(26)22-20-21-9-12-29-20/h5-6,9,12-13,16H,3-4,7-8,10-11,14H2,1-2H3,(H,21,22,26). The number of aromatic nitrogens is 2. The Kier molecular flexibility index (Phi) is 7.16. The first-order valence-corrected chi connectivity index (χ1v) is 10.8. The van der Waals surface area contributed by atoms with Gasteiger partial charge in [-0.1, -0.05) is 13.8 Å². The zero-order chi connectivity index (χ0) is 20.8. The van der Waals surface area contributed by atoms with Crippen LogP contribution in [0.1, 0.15) is 37.0 Å². The average Bonchev–Trinajstić information content (AvgIpc) is 3.23. The molecule has 8 nitrogen and oxygen atoms in total. The van der Waals surface area contributed by atoms with Crippen molar-refractivity contribution in [1.29, 1.82) is 0 Å². The molecular formula is C20H27N5O3S. The molecule has 3 heterocycles. The van der Waals surface area contributed by atoms with Crippen molar-refractivity contribution >= 4 is 28.3 Å². The molecule has 1 aliphatic heterocycles. The fourth-order valence-electron chi connectivity index (χ4n) is 3.74. The van der Waals surface area contributed by atoms with E-state index in [1.807, 2.05) is 4.90 Å². The SMILES string of the molecule is CCN(CC)C1CCN(C(=O)c2ccc(=O)n(CC(=O)Nc3nccs3)c2)CC1. The molecule has 0 radical (unpaired) electrons. The van der Waals surface area contributed by atoms with Gasteiger partial charge in [-0.05, 0) is 32.0 Å². The van der Waals surface area contributed by atoms with E-state index in [1.54, 1.807) is 11.6 Å². The van der Waals surface area contributed by atoms with Gasteiger partial charge in [-0.25, -0.2) is 4.98 Å². The van der Waals surface area contributed by atoms with Crippen LogP contribution in [0.5, 0.6) is 0 Å². The highest BCUT2D eigenvalue weighted by Crippen LogP contribution is 2.18. The molecule has 1 N–H and O–H groups in total. The van der Waals surface area contributed by atoms with Gasteiger partial charge in [0.25, 0.3) is 11.5 Å². The summed E-state index contributed by atoms with van der Waals surface area (Å²) in [5, 5.41) is 4.88. The summed E-state index contributed by atoms with van der Waals surface area (Å²) in [6.07, 6.45) is 4.96. The van der Waals surface area contributed by atoms with Crippen LogP contribution >= 0.6 is 11.3 Å². The number of likely N-dealkylation sites (tertiary alicyclic amines) is 1. The maximum Gasteiger partial charge on any atom is 0.255 e. The number of carbonyl (C=O) groups is 2. The molecule has 3 rings (SSSR count). The van der Waals surface area contributed by atoms with Crippen molar-refractivity contribution in [2.24, 2.45) is 0 Å². The molecule has 0 saturated carbocycles. The summed E-state index contributed by atoms with van der Waals surface area (Å²) in [6, 6.07) is 3.39. The van der Waals surface area contributed by atoms with Crippen molar-refractivity contribution in [3.8, 4) is 0 Å². The van der Waals surface area contributed by atoms with E-state index < -0.39 is 0 Å². The van der Waals surface area contributed by atoms with E-state index in [0.717, 1.165) is 25.9 Å². The molecule has 0 atom stereocenters. The van der Waals surface area contributed by atoms with Gasteiger partial charge >= 0.3 is 0 Å². The number of pyridine rings is 1. The molecular weight excluding hydrogens is 390 g/mol. The summed E-state index contributed by atoms with van der Waals surface area (Å²) in [4.78, 5) is 45.5. The van der Waals surface area contributed by atoms with E-state index in [-0.39, 0.29) is 23.9 Å². The number of carbonyl (C=O) groups excluding carboxylic acids is 2. The zero-order valence-electron chi connectivity index (χ0n) is 16.8. The third-order valence-corrected chi connectivity index (χ3v) is 5.99. The van der Waals surface area contributed by atoms with Crippen molar-refractivity contribution in [3.05, 3.63) is 45.8 Å². The Balaban J connectivity index is 1.63. The molecule has 0 aliphatic carbocycles. The Bertz CT molecular complexity index is 884. The second-order valence-corrected chi connectivity index (χ2v) is 7.91. The Morgan fingerprint density at radius 3 is 2.59 bits per heavy atom. The summed E-state index contributed by atoms with van der Waals surface area (Å²) in [6.45, 7) is 7.59. The van der Waals surface area contributed by atoms with Crippen LogP contribution in [-0.2, 0) is 11.3 Å². The summed E-state index contributed by atoms with van der Waals surface area (Å²) >= 11 is 1.30. The lowest BCUT2D eigenvalue weighted by Crippen LogP contribution is -2.46. The Morgan fingerprint density at radius 1 is 1.24 bits per heavy atom. The van der Waals surface area contributed by atoms with E-state index in [4.69, 9.17) is 0 Å². The van der Waals surface area contributed by atoms with Crippen LogP contribution in [0.4, 0.5) is 5.13 Å². The maximum absolute atomic E-state index is 12.9. The monoisotopic (exact) mass is 417 g/mol. The summed E-state index contributed by atoms with van der Waals surface area (Å²) < 4.78 is 1.26. The number of hydrogen-bond acceptors (Lipinski definition) is 6. The predicted molar refractivity (Wildman–Crippen MR) is 113 cm³/mol. The second kappa shape index (κ2) is 9.80. The minimum atomic E-state index is -0.355. The molecule has 2 aromatic rings. The Labute approximate surface area is 174 Å². The molecule has 1 saturated heterocycles. The highest BCUT2D eigenvalue weighted by atomic mass is 32.1. The highest BCUT2D eigenvalue weighted by molar-refractivity contribution is 7.13. The predicted octanol–water partition coefficient (Wildman–Crippen LogP) is 1.89. The van der Waals surface area contributed by atoms with E-state index in [1.165, 1.54) is 34.2 Å². The van der Waals surface area contributed by atoms with Crippen LogP contribution in [-0.4, -0.2) is 63.4 Å². The van der Waals surface area contributed by atoms with E-state index in [2.05, 4.69) is 29.0 Å². The van der Waals surface area contributed by atoms with Crippen molar-refractivity contribution < 1.29 is 9.59 Å². The number of nitrogens with one attached hydrogen (secondary N) is 1. The minimum absolute atomic E-state index is 0.0999. The number of thiazole rings is 1. The summed E-state index contributed by atoms with van der Waals surface area (Å²) in [7, 11) is 0. The van der Waals surface area contributed by atoms with Crippen LogP contribution in [0, 0.1) is 0 Å². The molecule has 156 valence electrons. The van der Waals surface area contributed by atoms with Crippen molar-refractivity contribution in [2.75, 3.05) is 31.5 Å². The Hall–Kier alpha value is -2.52. The van der Waals surface area contributed by atoms with Crippen LogP contribution in [0.2, 0.25) is 0 Å². The smallest absolute Gasteiger partial charge is 0.255 e. The minimum Gasteiger partial charge on any atom is -0.338 e. The zero-order valence-corrected chi connectivity index (χ0v) is 17.7. The quantitative estimate of drug-likeness (QED) is 0.743. The lowest BCUT2D eigenvalue weighted by Gasteiger charge is -2.37. The fraction of sp³-hybridized carbons (Fsp3) is 0.500. The lowest BCUT2D eigenvalue weighted by atomic mass is 10.0. The van der Waals surface area contributed by atoms with Crippen LogP contribution in [0.25, 0.3) is 0 Å². The molecule has 0 bridgehead atoms. The van der Waals surface area contributed by atoms with Gasteiger partial charge in [-0.15, -0.1) is 11.3 Å². The van der Waals surface area contributed by atoms with E-state index in [9.17, 15) is 14.4 Å². The first-order chi connectivity index (χ1) is 14.0. The van der Waals surface area contributed by atoms with Gasteiger partial charge in [0, 0.05) is 43.0 Å². The summed E-state index contributed by atoms with van der Waals surface area (Å²) in [5.41, 5.74) is 0.101. The van der Waals surface area contributed by atoms with Gasteiger partial charge in [0.2, 0.25) is 5.91 Å².